The topological polar surface area (TPSA) is 87.7 Å². The number of carbonyl (C=O) groups excluding carboxylic acids is 1. The zero-order chi connectivity index (χ0) is 15.3. The number of aryl methyl sites for hydroxylation is 1. The Balaban J connectivity index is 3.12. The molecular formula is C14H20IN3O2. The first-order chi connectivity index (χ1) is 9.41. The van der Waals surface area contributed by atoms with Crippen LogP contribution in [0.3, 0.4) is 0 Å². The van der Waals surface area contributed by atoms with Crippen LogP contribution in [0.5, 0.6) is 0 Å². The van der Waals surface area contributed by atoms with Crippen LogP contribution in [-0.4, -0.2) is 22.5 Å². The van der Waals surface area contributed by atoms with Crippen molar-refractivity contribution < 1.29 is 10.0 Å². The molecule has 0 radical (unpaired) electrons. The first kappa shape index (κ1) is 16.7. The molecule has 20 heavy (non-hydrogen) atoms. The molecule has 1 amide bonds. The number of nitrogens with one attached hydrogen (secondary N) is 1. The molecule has 0 heterocycles. The molecule has 0 aliphatic rings. The van der Waals surface area contributed by atoms with Crippen LogP contribution in [0.25, 0.3) is 0 Å². The molecule has 6 heteroatoms. The third-order valence-corrected chi connectivity index (χ3v) is 5.03. The van der Waals surface area contributed by atoms with Crippen LogP contribution in [0, 0.1) is 10.5 Å². The van der Waals surface area contributed by atoms with Gasteiger partial charge >= 0.3 is 0 Å². The SMILES string of the molecule is CCC(CC)(NC(=O)c1cccc(C)c1I)/C(N)=N/O. The first-order valence-corrected chi connectivity index (χ1v) is 7.55. The molecular weight excluding hydrogens is 369 g/mol. The number of hydrogen-bond donors (Lipinski definition) is 3. The van der Waals surface area contributed by atoms with E-state index in [0.29, 0.717) is 18.4 Å². The lowest BCUT2D eigenvalue weighted by Gasteiger charge is -2.31. The Labute approximate surface area is 132 Å². The summed E-state index contributed by atoms with van der Waals surface area (Å²) in [7, 11) is 0. The molecule has 110 valence electrons. The number of nitrogens with two attached hydrogens (primary N) is 1. The number of amidine groups is 1. The zero-order valence-corrected chi connectivity index (χ0v) is 14.1. The van der Waals surface area contributed by atoms with Crippen molar-refractivity contribution in [2.45, 2.75) is 39.2 Å². The van der Waals surface area contributed by atoms with Gasteiger partial charge in [-0.25, -0.2) is 0 Å². The zero-order valence-electron chi connectivity index (χ0n) is 11.9. The number of amides is 1. The van der Waals surface area contributed by atoms with E-state index in [1.165, 1.54) is 0 Å². The molecule has 0 saturated carbocycles. The fourth-order valence-corrected chi connectivity index (χ4v) is 2.66. The standard InChI is InChI=1S/C14H20IN3O2/c1-4-14(5-2,13(16)18-20)17-12(19)10-8-6-7-9(3)11(10)15/h6-8,20H,4-5H2,1-3H3,(H2,16,18)(H,17,19). The Morgan fingerprint density at radius 3 is 2.55 bits per heavy atom. The molecule has 0 bridgehead atoms. The Morgan fingerprint density at radius 1 is 1.45 bits per heavy atom. The average Bonchev–Trinajstić information content (AvgIpc) is 2.46. The highest BCUT2D eigenvalue weighted by Gasteiger charge is 2.34. The van der Waals surface area contributed by atoms with Crippen molar-refractivity contribution in [3.05, 3.63) is 32.9 Å². The molecule has 0 aromatic heterocycles. The lowest BCUT2D eigenvalue weighted by atomic mass is 9.91. The summed E-state index contributed by atoms with van der Waals surface area (Å²) >= 11 is 2.15. The van der Waals surface area contributed by atoms with E-state index < -0.39 is 5.54 Å². The molecule has 1 aromatic carbocycles. The van der Waals surface area contributed by atoms with E-state index in [2.05, 4.69) is 33.1 Å². The normalized spacial score (nSPS) is 12.3. The van der Waals surface area contributed by atoms with E-state index in [0.717, 1.165) is 9.13 Å². The van der Waals surface area contributed by atoms with Gasteiger partial charge in [-0.2, -0.15) is 0 Å². The second-order valence-corrected chi connectivity index (χ2v) is 5.74. The number of oxime groups is 1. The molecule has 0 saturated heterocycles. The van der Waals surface area contributed by atoms with Gasteiger partial charge in [-0.1, -0.05) is 31.1 Å². The van der Waals surface area contributed by atoms with Crippen LogP contribution in [0.4, 0.5) is 0 Å². The summed E-state index contributed by atoms with van der Waals surface area (Å²) in [6.45, 7) is 5.74. The number of halogens is 1. The smallest absolute Gasteiger partial charge is 0.253 e. The van der Waals surface area contributed by atoms with E-state index in [4.69, 9.17) is 10.9 Å². The second-order valence-electron chi connectivity index (χ2n) is 4.67. The minimum atomic E-state index is -0.821. The van der Waals surface area contributed by atoms with E-state index in [9.17, 15) is 4.79 Å². The van der Waals surface area contributed by atoms with Crippen LogP contribution in [-0.2, 0) is 0 Å². The lowest BCUT2D eigenvalue weighted by molar-refractivity contribution is 0.0917. The van der Waals surface area contributed by atoms with Crippen molar-refractivity contribution in [3.8, 4) is 0 Å². The highest BCUT2D eigenvalue weighted by Crippen LogP contribution is 2.20. The van der Waals surface area contributed by atoms with Gasteiger partial charge in [0.15, 0.2) is 5.84 Å². The molecule has 0 aliphatic heterocycles. The highest BCUT2D eigenvalue weighted by molar-refractivity contribution is 14.1. The first-order valence-electron chi connectivity index (χ1n) is 6.47. The van der Waals surface area contributed by atoms with Crippen molar-refractivity contribution in [2.75, 3.05) is 0 Å². The van der Waals surface area contributed by atoms with Crippen molar-refractivity contribution in [2.24, 2.45) is 10.9 Å². The Kier molecular flexibility index (Phi) is 5.79. The summed E-state index contributed by atoms with van der Waals surface area (Å²) in [5.74, 6) is -0.188. The maximum atomic E-state index is 12.5. The molecule has 0 unspecified atom stereocenters. The number of nitrogens with zero attached hydrogens (tertiary/aromatic N) is 1. The van der Waals surface area contributed by atoms with Gasteiger partial charge in [0.25, 0.3) is 5.91 Å². The van der Waals surface area contributed by atoms with Crippen molar-refractivity contribution in [1.29, 1.82) is 0 Å². The van der Waals surface area contributed by atoms with Crippen LogP contribution < -0.4 is 11.1 Å². The predicted molar refractivity (Wildman–Crippen MR) is 88.1 cm³/mol. The van der Waals surface area contributed by atoms with Crippen LogP contribution in [0.15, 0.2) is 23.4 Å². The molecule has 0 fully saturated rings. The van der Waals surface area contributed by atoms with Crippen LogP contribution in [0.2, 0.25) is 0 Å². The maximum Gasteiger partial charge on any atom is 0.253 e. The van der Waals surface area contributed by atoms with Gasteiger partial charge in [-0.15, -0.1) is 0 Å². The lowest BCUT2D eigenvalue weighted by Crippen LogP contribution is -2.57. The quantitative estimate of drug-likeness (QED) is 0.238. The van der Waals surface area contributed by atoms with Gasteiger partial charge < -0.3 is 16.3 Å². The van der Waals surface area contributed by atoms with E-state index in [1.807, 2.05) is 32.9 Å². The highest BCUT2D eigenvalue weighted by atomic mass is 127. The predicted octanol–water partition coefficient (Wildman–Crippen LogP) is 2.63. The third-order valence-electron chi connectivity index (χ3n) is 3.59. The van der Waals surface area contributed by atoms with Crippen molar-refractivity contribution >= 4 is 34.3 Å². The maximum absolute atomic E-state index is 12.5. The summed E-state index contributed by atoms with van der Waals surface area (Å²) in [4.78, 5) is 12.5. The molecule has 0 aliphatic carbocycles. The number of hydrogen-bond acceptors (Lipinski definition) is 3. The fourth-order valence-electron chi connectivity index (χ4n) is 2.06. The summed E-state index contributed by atoms with van der Waals surface area (Å²) in [5.41, 5.74) is 6.57. The van der Waals surface area contributed by atoms with Gasteiger partial charge in [0, 0.05) is 3.57 Å². The molecule has 0 spiro atoms. The summed E-state index contributed by atoms with van der Waals surface area (Å²) in [6, 6.07) is 5.57. The van der Waals surface area contributed by atoms with Crippen molar-refractivity contribution in [3.63, 3.8) is 0 Å². The Morgan fingerprint density at radius 2 is 2.05 bits per heavy atom. The monoisotopic (exact) mass is 389 g/mol. The summed E-state index contributed by atoms with van der Waals surface area (Å²) in [6.07, 6.45) is 1.10. The van der Waals surface area contributed by atoms with Gasteiger partial charge in [-0.05, 0) is 54.0 Å². The molecule has 0 atom stereocenters. The second kappa shape index (κ2) is 6.92. The Bertz CT molecular complexity index is 525. The van der Waals surface area contributed by atoms with E-state index in [-0.39, 0.29) is 11.7 Å². The van der Waals surface area contributed by atoms with Gasteiger partial charge in [0.2, 0.25) is 0 Å². The summed E-state index contributed by atoms with van der Waals surface area (Å²) < 4.78 is 0.906. The van der Waals surface area contributed by atoms with Crippen molar-refractivity contribution in [1.82, 2.24) is 5.32 Å². The summed E-state index contributed by atoms with van der Waals surface area (Å²) in [5, 5.41) is 14.9. The number of carbonyl (C=O) groups is 1. The van der Waals surface area contributed by atoms with Gasteiger partial charge in [0.1, 0.15) is 5.54 Å². The van der Waals surface area contributed by atoms with Crippen LogP contribution >= 0.6 is 22.6 Å². The minimum absolute atomic E-state index is 0.0264. The average molecular weight is 389 g/mol. The molecule has 1 aromatic rings. The Hall–Kier alpha value is -1.31. The number of rotatable bonds is 5. The molecule has 5 nitrogen and oxygen atoms in total. The van der Waals surface area contributed by atoms with E-state index >= 15 is 0 Å². The fraction of sp³-hybridized carbons (Fsp3) is 0.429. The largest absolute Gasteiger partial charge is 0.409 e. The number of benzene rings is 1. The van der Waals surface area contributed by atoms with Gasteiger partial charge in [0.05, 0.1) is 5.56 Å². The minimum Gasteiger partial charge on any atom is -0.409 e. The molecule has 1 rings (SSSR count). The van der Waals surface area contributed by atoms with E-state index in [1.54, 1.807) is 6.07 Å². The molecule has 4 N–H and O–H groups in total. The van der Waals surface area contributed by atoms with Crippen LogP contribution in [0.1, 0.15) is 42.6 Å². The third kappa shape index (κ3) is 3.23. The van der Waals surface area contributed by atoms with Gasteiger partial charge in [-0.3, -0.25) is 4.79 Å².